The number of ether oxygens (including phenoxy) is 1. The van der Waals surface area contributed by atoms with Gasteiger partial charge in [0.05, 0.1) is 24.4 Å². The van der Waals surface area contributed by atoms with Crippen LogP contribution in [0.5, 0.6) is 0 Å². The summed E-state index contributed by atoms with van der Waals surface area (Å²) in [5.74, 6) is -2.29. The van der Waals surface area contributed by atoms with E-state index >= 15 is 0 Å². The van der Waals surface area contributed by atoms with E-state index in [1.54, 1.807) is 36.3 Å². The molecule has 0 aliphatic carbocycles. The highest BCUT2D eigenvalue weighted by atomic mass is 35.5. The highest BCUT2D eigenvalue weighted by Crippen LogP contribution is 2.49. The van der Waals surface area contributed by atoms with E-state index in [4.69, 9.17) is 21.2 Å². The molecule has 9 heteroatoms. The largest absolute Gasteiger partial charge is 0.465 e. The summed E-state index contributed by atoms with van der Waals surface area (Å²) in [5.41, 5.74) is 3.52. The number of carbonyl (C=O) groups excluding carboxylic acids is 3. The number of esters is 1. The fourth-order valence-electron chi connectivity index (χ4n) is 4.64. The second-order valence-corrected chi connectivity index (χ2v) is 10.3. The van der Waals surface area contributed by atoms with Crippen LogP contribution in [0.4, 0.5) is 10.7 Å². The zero-order valence-electron chi connectivity index (χ0n) is 19.6. The maximum Gasteiger partial charge on any atom is 0.341 e. The Morgan fingerprint density at radius 1 is 1.00 bits per heavy atom. The second-order valence-electron chi connectivity index (χ2n) is 8.68. The number of nitrogens with zero attached hydrogens (tertiary/aromatic N) is 2. The number of amides is 2. The minimum Gasteiger partial charge on any atom is -0.465 e. The van der Waals surface area contributed by atoms with Crippen molar-refractivity contribution in [1.29, 1.82) is 0 Å². The van der Waals surface area contributed by atoms with Crippen molar-refractivity contribution < 1.29 is 24.0 Å². The average Bonchev–Trinajstić information content (AvgIpc) is 3.45. The van der Waals surface area contributed by atoms with Crippen LogP contribution in [0.15, 0.2) is 48.5 Å². The minimum absolute atomic E-state index is 0.234. The molecule has 0 N–H and O–H groups in total. The number of benzene rings is 2. The lowest BCUT2D eigenvalue weighted by Gasteiger charge is -2.28. The van der Waals surface area contributed by atoms with Crippen LogP contribution in [0.1, 0.15) is 38.0 Å². The van der Waals surface area contributed by atoms with Crippen LogP contribution in [-0.4, -0.2) is 31.0 Å². The van der Waals surface area contributed by atoms with Crippen molar-refractivity contribution in [1.82, 2.24) is 0 Å². The lowest BCUT2D eigenvalue weighted by atomic mass is 9.90. The summed E-state index contributed by atoms with van der Waals surface area (Å²) in [4.78, 5) is 48.2. The first-order valence-corrected chi connectivity index (χ1v) is 12.3. The molecule has 2 aliphatic rings. The quantitative estimate of drug-likeness (QED) is 0.356. The van der Waals surface area contributed by atoms with Gasteiger partial charge in [-0.25, -0.2) is 14.8 Å². The molecular weight excluding hydrogens is 488 g/mol. The maximum absolute atomic E-state index is 13.9. The van der Waals surface area contributed by atoms with Crippen molar-refractivity contribution in [3.05, 3.63) is 80.7 Å². The molecule has 0 bridgehead atoms. The fraction of sp³-hybridized carbons (Fsp3) is 0.269. The Hall–Kier alpha value is -3.20. The Kier molecular flexibility index (Phi) is 5.91. The lowest BCUT2D eigenvalue weighted by Crippen LogP contribution is -2.37. The highest BCUT2D eigenvalue weighted by molar-refractivity contribution is 7.17. The Balaban J connectivity index is 1.60. The van der Waals surface area contributed by atoms with Crippen LogP contribution >= 0.6 is 22.9 Å². The van der Waals surface area contributed by atoms with E-state index in [1.165, 1.54) is 18.4 Å². The number of thiophene rings is 1. The van der Waals surface area contributed by atoms with Gasteiger partial charge in [0.25, 0.3) is 5.91 Å². The smallest absolute Gasteiger partial charge is 0.341 e. The van der Waals surface area contributed by atoms with Crippen molar-refractivity contribution in [2.75, 3.05) is 17.1 Å². The SMILES string of the molecule is COC(=O)c1c(N2C(=O)C3ON(c4ccc(Cl)cc4)C(c4ccc(C)cc4)C3C2=O)sc(C)c1C. The molecule has 0 saturated carbocycles. The number of halogens is 1. The number of aryl methyl sites for hydroxylation is 2. The molecule has 0 spiro atoms. The summed E-state index contributed by atoms with van der Waals surface area (Å²) in [6.07, 6.45) is -1.03. The van der Waals surface area contributed by atoms with Crippen LogP contribution in [0.25, 0.3) is 0 Å². The Labute approximate surface area is 211 Å². The van der Waals surface area contributed by atoms with Gasteiger partial charge in [-0.2, -0.15) is 0 Å². The predicted octanol–water partition coefficient (Wildman–Crippen LogP) is 5.16. The van der Waals surface area contributed by atoms with E-state index in [2.05, 4.69) is 0 Å². The van der Waals surface area contributed by atoms with E-state index in [-0.39, 0.29) is 10.6 Å². The van der Waals surface area contributed by atoms with E-state index in [9.17, 15) is 14.4 Å². The zero-order chi connectivity index (χ0) is 25.0. The number of imide groups is 1. The van der Waals surface area contributed by atoms with Crippen LogP contribution in [0.3, 0.4) is 0 Å². The first kappa shape index (κ1) is 23.5. The molecule has 2 aliphatic heterocycles. The van der Waals surface area contributed by atoms with Gasteiger partial charge in [0, 0.05) is 9.90 Å². The van der Waals surface area contributed by atoms with Crippen molar-refractivity contribution in [3.8, 4) is 0 Å². The van der Waals surface area contributed by atoms with Crippen molar-refractivity contribution in [2.24, 2.45) is 5.92 Å². The third-order valence-corrected chi connectivity index (χ3v) is 8.02. The summed E-state index contributed by atoms with van der Waals surface area (Å²) in [6, 6.07) is 14.3. The third-order valence-electron chi connectivity index (χ3n) is 6.57. The topological polar surface area (TPSA) is 76.2 Å². The standard InChI is InChI=1S/C26H23ClN2O5S/c1-13-5-7-16(8-6-13)21-20-22(34-29(21)18-11-9-17(27)10-12-18)24(31)28(23(20)30)25-19(26(32)33-4)14(2)15(3)35-25/h5-12,20-22H,1-4H3. The molecule has 3 aromatic rings. The number of methoxy groups -OCH3 is 1. The molecule has 3 heterocycles. The molecule has 2 amide bonds. The van der Waals surface area contributed by atoms with Crippen molar-refractivity contribution in [3.63, 3.8) is 0 Å². The van der Waals surface area contributed by atoms with Gasteiger partial charge in [0.1, 0.15) is 10.9 Å². The maximum atomic E-state index is 13.9. The summed E-state index contributed by atoms with van der Waals surface area (Å²) in [7, 11) is 1.28. The van der Waals surface area contributed by atoms with Gasteiger partial charge in [-0.1, -0.05) is 41.4 Å². The molecule has 2 fully saturated rings. The zero-order valence-corrected chi connectivity index (χ0v) is 21.1. The molecule has 35 heavy (non-hydrogen) atoms. The van der Waals surface area contributed by atoms with Gasteiger partial charge in [-0.3, -0.25) is 14.4 Å². The number of anilines is 2. The van der Waals surface area contributed by atoms with Gasteiger partial charge in [-0.15, -0.1) is 11.3 Å². The van der Waals surface area contributed by atoms with Gasteiger partial charge in [0.15, 0.2) is 6.10 Å². The van der Waals surface area contributed by atoms with Gasteiger partial charge < -0.3 is 4.74 Å². The molecule has 180 valence electrons. The molecule has 3 unspecified atom stereocenters. The number of hydrogen-bond donors (Lipinski definition) is 0. The summed E-state index contributed by atoms with van der Waals surface area (Å²) in [5, 5.41) is 2.47. The Morgan fingerprint density at radius 3 is 2.29 bits per heavy atom. The molecule has 5 rings (SSSR count). The van der Waals surface area contributed by atoms with E-state index in [0.717, 1.165) is 20.9 Å². The minimum atomic E-state index is -1.03. The Bertz CT molecular complexity index is 1340. The third kappa shape index (κ3) is 3.73. The summed E-state index contributed by atoms with van der Waals surface area (Å²) >= 11 is 7.30. The Morgan fingerprint density at radius 2 is 1.66 bits per heavy atom. The molecule has 2 saturated heterocycles. The van der Waals surface area contributed by atoms with Gasteiger partial charge in [0.2, 0.25) is 5.91 Å². The summed E-state index contributed by atoms with van der Waals surface area (Å²) in [6.45, 7) is 5.60. The molecule has 7 nitrogen and oxygen atoms in total. The normalized spacial score (nSPS) is 21.6. The summed E-state index contributed by atoms with van der Waals surface area (Å²) < 4.78 is 4.95. The number of rotatable bonds is 4. The average molecular weight is 511 g/mol. The number of hydroxylamine groups is 1. The predicted molar refractivity (Wildman–Crippen MR) is 134 cm³/mol. The second kappa shape index (κ2) is 8.78. The lowest BCUT2D eigenvalue weighted by molar-refractivity contribution is -0.126. The van der Waals surface area contributed by atoms with E-state index < -0.39 is 35.8 Å². The van der Waals surface area contributed by atoms with E-state index in [1.807, 2.05) is 38.1 Å². The molecule has 1 aromatic heterocycles. The highest BCUT2D eigenvalue weighted by Gasteiger charge is 2.61. The van der Waals surface area contributed by atoms with Crippen LogP contribution in [0.2, 0.25) is 5.02 Å². The number of hydrogen-bond acceptors (Lipinski definition) is 7. The number of carbonyl (C=O) groups is 3. The van der Waals surface area contributed by atoms with E-state index in [0.29, 0.717) is 16.3 Å². The van der Waals surface area contributed by atoms with Gasteiger partial charge >= 0.3 is 5.97 Å². The first-order valence-electron chi connectivity index (χ1n) is 11.1. The first-order chi connectivity index (χ1) is 16.7. The van der Waals surface area contributed by atoms with Crippen LogP contribution in [0, 0.1) is 26.7 Å². The monoisotopic (exact) mass is 510 g/mol. The van der Waals surface area contributed by atoms with Crippen molar-refractivity contribution >= 4 is 51.4 Å². The fourth-order valence-corrected chi connectivity index (χ4v) is 5.92. The molecule has 2 aromatic carbocycles. The molecular formula is C26H23ClN2O5S. The number of fused-ring (bicyclic) bond motifs is 1. The van der Waals surface area contributed by atoms with Crippen LogP contribution < -0.4 is 9.96 Å². The molecule has 3 atom stereocenters. The van der Waals surface area contributed by atoms with Crippen LogP contribution in [-0.2, 0) is 19.2 Å². The van der Waals surface area contributed by atoms with Crippen molar-refractivity contribution in [2.45, 2.75) is 32.9 Å². The van der Waals surface area contributed by atoms with Gasteiger partial charge in [-0.05, 0) is 56.2 Å². The molecule has 0 radical (unpaired) electrons.